The maximum absolute atomic E-state index is 11.7. The summed E-state index contributed by atoms with van der Waals surface area (Å²) >= 11 is 0. The number of likely N-dealkylation sites (N-methyl/N-ethyl adjacent to an activating group) is 1. The van der Waals surface area contributed by atoms with Crippen molar-refractivity contribution in [3.05, 3.63) is 53.5 Å². The number of aromatic nitrogens is 4. The molecular weight excluding hydrogens is 412 g/mol. The maximum Gasteiger partial charge on any atom is 0.233 e. The van der Waals surface area contributed by atoms with E-state index in [-0.39, 0.29) is 5.91 Å². The third-order valence-corrected chi connectivity index (χ3v) is 7.01. The highest BCUT2D eigenvalue weighted by Gasteiger charge is 2.23. The summed E-state index contributed by atoms with van der Waals surface area (Å²) < 4.78 is 2.04. The standard InChI is InChI=1S/C26H32N6O/c1-16(2)25-21-13-19(18-9-11-31(12-10-18)15-24(33)27-4)5-7-22(21)28-26(25)20-6-8-23-30-29-17(3)32(23)14-20/h5-8,13-14,16,18,28H,9-12,15H2,1-4H3,(H,27,33). The number of carbonyl (C=O) groups excluding carboxylic acids is 1. The number of fused-ring (bicyclic) bond motifs is 2. The summed E-state index contributed by atoms with van der Waals surface area (Å²) in [6.45, 7) is 8.92. The Bertz CT molecular complexity index is 1310. The molecule has 5 rings (SSSR count). The van der Waals surface area contributed by atoms with Crippen LogP contribution in [0.1, 0.15) is 55.5 Å². The van der Waals surface area contributed by atoms with E-state index in [1.807, 2.05) is 17.4 Å². The molecule has 1 aliphatic heterocycles. The van der Waals surface area contributed by atoms with Crippen LogP contribution in [0.4, 0.5) is 0 Å². The molecule has 1 aromatic carbocycles. The number of hydrogen-bond acceptors (Lipinski definition) is 4. The zero-order chi connectivity index (χ0) is 23.1. The molecular formula is C26H32N6O. The van der Waals surface area contributed by atoms with Crippen molar-refractivity contribution < 1.29 is 4.79 Å². The van der Waals surface area contributed by atoms with Gasteiger partial charge in [0.25, 0.3) is 0 Å². The number of nitrogens with zero attached hydrogens (tertiary/aromatic N) is 4. The average molecular weight is 445 g/mol. The van der Waals surface area contributed by atoms with E-state index in [0.29, 0.717) is 18.4 Å². The smallest absolute Gasteiger partial charge is 0.233 e. The van der Waals surface area contributed by atoms with E-state index in [1.165, 1.54) is 27.7 Å². The normalized spacial score (nSPS) is 15.7. The average Bonchev–Trinajstić information content (AvgIpc) is 3.39. The van der Waals surface area contributed by atoms with E-state index in [2.05, 4.69) is 69.7 Å². The Kier molecular flexibility index (Phi) is 5.66. The Labute approximate surface area is 194 Å². The van der Waals surface area contributed by atoms with Crippen molar-refractivity contribution in [1.82, 2.24) is 29.8 Å². The molecule has 1 fully saturated rings. The second-order valence-electron chi connectivity index (χ2n) is 9.49. The molecule has 7 nitrogen and oxygen atoms in total. The maximum atomic E-state index is 11.7. The lowest BCUT2D eigenvalue weighted by molar-refractivity contribution is -0.122. The van der Waals surface area contributed by atoms with Crippen molar-refractivity contribution in [3.63, 3.8) is 0 Å². The Morgan fingerprint density at radius 2 is 1.97 bits per heavy atom. The van der Waals surface area contributed by atoms with Crippen molar-refractivity contribution >= 4 is 22.5 Å². The highest BCUT2D eigenvalue weighted by molar-refractivity contribution is 5.92. The summed E-state index contributed by atoms with van der Waals surface area (Å²) in [6, 6.07) is 11.1. The highest BCUT2D eigenvalue weighted by Crippen LogP contribution is 2.38. The van der Waals surface area contributed by atoms with Crippen molar-refractivity contribution in [2.45, 2.75) is 45.4 Å². The first-order chi connectivity index (χ1) is 15.9. The number of nitrogens with one attached hydrogen (secondary N) is 2. The van der Waals surface area contributed by atoms with E-state index < -0.39 is 0 Å². The Hall–Kier alpha value is -3.19. The molecule has 1 saturated heterocycles. The summed E-state index contributed by atoms with van der Waals surface area (Å²) in [4.78, 5) is 17.7. The lowest BCUT2D eigenvalue weighted by atomic mass is 9.87. The number of aryl methyl sites for hydroxylation is 1. The molecule has 0 bridgehead atoms. The quantitative estimate of drug-likeness (QED) is 0.483. The van der Waals surface area contributed by atoms with Gasteiger partial charge in [-0.05, 0) is 80.1 Å². The predicted octanol–water partition coefficient (Wildman–Crippen LogP) is 4.23. The summed E-state index contributed by atoms with van der Waals surface area (Å²) in [5.41, 5.74) is 7.12. The van der Waals surface area contributed by atoms with Gasteiger partial charge in [-0.3, -0.25) is 14.1 Å². The zero-order valence-corrected chi connectivity index (χ0v) is 19.9. The molecule has 3 aromatic heterocycles. The molecule has 1 amide bonds. The molecule has 0 spiro atoms. The summed E-state index contributed by atoms with van der Waals surface area (Å²) in [7, 11) is 1.70. The molecule has 172 valence electrons. The van der Waals surface area contributed by atoms with Crippen LogP contribution in [0.3, 0.4) is 0 Å². The van der Waals surface area contributed by atoms with Crippen LogP contribution in [-0.2, 0) is 4.79 Å². The van der Waals surface area contributed by atoms with Gasteiger partial charge < -0.3 is 10.3 Å². The fraction of sp³-hybridized carbons (Fsp3) is 0.423. The lowest BCUT2D eigenvalue weighted by Gasteiger charge is -2.31. The van der Waals surface area contributed by atoms with Crippen LogP contribution in [0, 0.1) is 6.92 Å². The van der Waals surface area contributed by atoms with Gasteiger partial charge in [0.1, 0.15) is 5.82 Å². The van der Waals surface area contributed by atoms with Crippen molar-refractivity contribution in [3.8, 4) is 11.3 Å². The number of carbonyl (C=O) groups is 1. The molecule has 0 unspecified atom stereocenters. The van der Waals surface area contributed by atoms with Gasteiger partial charge in [-0.1, -0.05) is 19.9 Å². The third kappa shape index (κ3) is 4.02. The molecule has 0 radical (unpaired) electrons. The van der Waals surface area contributed by atoms with E-state index >= 15 is 0 Å². The van der Waals surface area contributed by atoms with Crippen LogP contribution >= 0.6 is 0 Å². The molecule has 4 heterocycles. The number of amides is 1. The van der Waals surface area contributed by atoms with Crippen molar-refractivity contribution in [1.29, 1.82) is 0 Å². The first-order valence-corrected chi connectivity index (χ1v) is 11.8. The van der Waals surface area contributed by atoms with Crippen LogP contribution in [0.25, 0.3) is 27.8 Å². The topological polar surface area (TPSA) is 78.3 Å². The number of hydrogen-bond donors (Lipinski definition) is 2. The molecule has 0 atom stereocenters. The first kappa shape index (κ1) is 21.6. The Morgan fingerprint density at radius 3 is 2.70 bits per heavy atom. The van der Waals surface area contributed by atoms with Gasteiger partial charge in [0, 0.05) is 29.7 Å². The van der Waals surface area contributed by atoms with Crippen molar-refractivity contribution in [2.24, 2.45) is 0 Å². The van der Waals surface area contributed by atoms with Gasteiger partial charge in [-0.2, -0.15) is 0 Å². The molecule has 0 aliphatic carbocycles. The van der Waals surface area contributed by atoms with Gasteiger partial charge in [0.05, 0.1) is 12.2 Å². The number of pyridine rings is 1. The Balaban J connectivity index is 1.48. The monoisotopic (exact) mass is 444 g/mol. The SMILES string of the molecule is CNC(=O)CN1CCC(c2ccc3[nH]c(-c4ccc5nnc(C)n5c4)c(C(C)C)c3c2)CC1. The zero-order valence-electron chi connectivity index (χ0n) is 19.9. The van der Waals surface area contributed by atoms with Gasteiger partial charge in [-0.25, -0.2) is 0 Å². The van der Waals surface area contributed by atoms with Gasteiger partial charge in [-0.15, -0.1) is 10.2 Å². The minimum absolute atomic E-state index is 0.0937. The van der Waals surface area contributed by atoms with Crippen LogP contribution in [0.15, 0.2) is 36.5 Å². The van der Waals surface area contributed by atoms with Crippen LogP contribution in [0.5, 0.6) is 0 Å². The van der Waals surface area contributed by atoms with Crippen molar-refractivity contribution in [2.75, 3.05) is 26.7 Å². The van der Waals surface area contributed by atoms with Crippen LogP contribution in [-0.4, -0.2) is 57.1 Å². The molecule has 7 heteroatoms. The first-order valence-electron chi connectivity index (χ1n) is 11.8. The summed E-state index contributed by atoms with van der Waals surface area (Å²) in [5.74, 6) is 1.90. The number of H-pyrrole nitrogens is 1. The minimum atomic E-state index is 0.0937. The number of likely N-dealkylation sites (tertiary alicyclic amines) is 1. The third-order valence-electron chi connectivity index (χ3n) is 7.01. The van der Waals surface area contributed by atoms with E-state index in [9.17, 15) is 4.79 Å². The Morgan fingerprint density at radius 1 is 1.18 bits per heavy atom. The lowest BCUT2D eigenvalue weighted by Crippen LogP contribution is -2.40. The minimum Gasteiger partial charge on any atom is -0.358 e. The number of aromatic amines is 1. The number of rotatable bonds is 5. The molecule has 33 heavy (non-hydrogen) atoms. The molecule has 4 aromatic rings. The molecule has 0 saturated carbocycles. The number of benzene rings is 1. The van der Waals surface area contributed by atoms with Gasteiger partial charge >= 0.3 is 0 Å². The van der Waals surface area contributed by atoms with E-state index in [1.54, 1.807) is 7.05 Å². The van der Waals surface area contributed by atoms with Gasteiger partial charge in [0.2, 0.25) is 5.91 Å². The second kappa shape index (κ2) is 8.63. The summed E-state index contributed by atoms with van der Waals surface area (Å²) in [5, 5.41) is 12.5. The second-order valence-corrected chi connectivity index (χ2v) is 9.49. The van der Waals surface area contributed by atoms with E-state index in [0.717, 1.165) is 43.0 Å². The largest absolute Gasteiger partial charge is 0.358 e. The molecule has 1 aliphatic rings. The van der Waals surface area contributed by atoms with Crippen LogP contribution in [0.2, 0.25) is 0 Å². The fourth-order valence-electron chi connectivity index (χ4n) is 5.17. The highest BCUT2D eigenvalue weighted by atomic mass is 16.1. The van der Waals surface area contributed by atoms with E-state index in [4.69, 9.17) is 0 Å². The van der Waals surface area contributed by atoms with Gasteiger partial charge in [0.15, 0.2) is 5.65 Å². The predicted molar refractivity (Wildman–Crippen MR) is 132 cm³/mol. The summed E-state index contributed by atoms with van der Waals surface area (Å²) in [6.07, 6.45) is 4.30. The number of piperidine rings is 1. The molecule has 2 N–H and O–H groups in total. The fourth-order valence-corrected chi connectivity index (χ4v) is 5.17. The van der Waals surface area contributed by atoms with Crippen LogP contribution < -0.4 is 5.32 Å².